The van der Waals surface area contributed by atoms with E-state index in [0.717, 1.165) is 18.6 Å². The number of aromatic nitrogens is 2. The molecule has 5 nitrogen and oxygen atoms in total. The van der Waals surface area contributed by atoms with Crippen molar-refractivity contribution in [1.29, 1.82) is 0 Å². The number of anilines is 1. The molecule has 2 rings (SSSR count). The minimum atomic E-state index is -3.74. The molecule has 0 spiro atoms. The van der Waals surface area contributed by atoms with Gasteiger partial charge in [0.25, 0.3) is 10.0 Å². The average Bonchev–Trinajstić information content (AvgIpc) is 2.85. The highest BCUT2D eigenvalue weighted by Gasteiger charge is 2.17. The molecule has 108 valence electrons. The van der Waals surface area contributed by atoms with Crippen molar-refractivity contribution in [2.75, 3.05) is 4.72 Å². The van der Waals surface area contributed by atoms with Gasteiger partial charge in [0.05, 0.1) is 17.1 Å². The summed E-state index contributed by atoms with van der Waals surface area (Å²) in [5, 5.41) is 4.11. The summed E-state index contributed by atoms with van der Waals surface area (Å²) in [6.07, 6.45) is 2.36. The zero-order valence-corrected chi connectivity index (χ0v) is 12.1. The number of hydrogen-bond acceptors (Lipinski definition) is 3. The highest BCUT2D eigenvalue weighted by atomic mass is 32.2. The van der Waals surface area contributed by atoms with Gasteiger partial charge in [0.1, 0.15) is 11.6 Å². The van der Waals surface area contributed by atoms with E-state index in [0.29, 0.717) is 5.82 Å². The molecule has 0 aliphatic carbocycles. The Kier molecular flexibility index (Phi) is 4.08. The maximum atomic E-state index is 12.8. The molecule has 1 heterocycles. The Bertz CT molecular complexity index is 680. The lowest BCUT2D eigenvalue weighted by molar-refractivity contribution is 0.484. The minimum absolute atomic E-state index is 0.0100. The molecule has 0 aliphatic heterocycles. The van der Waals surface area contributed by atoms with Crippen molar-refractivity contribution in [3.8, 4) is 0 Å². The summed E-state index contributed by atoms with van der Waals surface area (Å²) >= 11 is 0. The van der Waals surface area contributed by atoms with Crippen LogP contribution in [0, 0.1) is 5.82 Å². The predicted octanol–water partition coefficient (Wildman–Crippen LogP) is 2.79. The second-order valence-corrected chi connectivity index (χ2v) is 6.16. The largest absolute Gasteiger partial charge is 0.264 e. The van der Waals surface area contributed by atoms with Crippen molar-refractivity contribution in [2.24, 2.45) is 0 Å². The molecule has 0 amide bonds. The Hall–Kier alpha value is -1.89. The van der Waals surface area contributed by atoms with E-state index in [1.165, 1.54) is 18.3 Å². The lowest BCUT2D eigenvalue weighted by Crippen LogP contribution is -2.18. The number of nitrogens with one attached hydrogen (secondary N) is 1. The quantitative estimate of drug-likeness (QED) is 0.923. The molecule has 0 aliphatic rings. The third-order valence-electron chi connectivity index (χ3n) is 3.04. The zero-order chi connectivity index (χ0) is 14.8. The van der Waals surface area contributed by atoms with Gasteiger partial charge < -0.3 is 0 Å². The highest BCUT2D eigenvalue weighted by Crippen LogP contribution is 2.20. The molecular formula is C13H16FN3O2S. The van der Waals surface area contributed by atoms with Crippen LogP contribution in [0.2, 0.25) is 0 Å². The van der Waals surface area contributed by atoms with E-state index in [2.05, 4.69) is 9.82 Å². The van der Waals surface area contributed by atoms with Crippen LogP contribution >= 0.6 is 0 Å². The maximum absolute atomic E-state index is 12.8. The van der Waals surface area contributed by atoms with E-state index < -0.39 is 15.8 Å². The van der Waals surface area contributed by atoms with Crippen molar-refractivity contribution in [1.82, 2.24) is 9.78 Å². The fourth-order valence-corrected chi connectivity index (χ4v) is 2.78. The first-order valence-corrected chi connectivity index (χ1v) is 7.74. The Morgan fingerprint density at radius 3 is 2.55 bits per heavy atom. The first kappa shape index (κ1) is 14.5. The lowest BCUT2D eigenvalue weighted by Gasteiger charge is -2.15. The second-order valence-electron chi connectivity index (χ2n) is 4.48. The maximum Gasteiger partial charge on any atom is 0.263 e. The van der Waals surface area contributed by atoms with Gasteiger partial charge in [0.2, 0.25) is 0 Å². The van der Waals surface area contributed by atoms with Gasteiger partial charge in [-0.25, -0.2) is 17.5 Å². The fraction of sp³-hybridized carbons (Fsp3) is 0.308. The average molecular weight is 297 g/mol. The van der Waals surface area contributed by atoms with Crippen LogP contribution in [0.5, 0.6) is 0 Å². The first-order chi connectivity index (χ1) is 9.44. The van der Waals surface area contributed by atoms with E-state index in [-0.39, 0.29) is 10.9 Å². The molecule has 7 heteroatoms. The second kappa shape index (κ2) is 5.62. The van der Waals surface area contributed by atoms with Crippen molar-refractivity contribution in [2.45, 2.75) is 31.2 Å². The van der Waals surface area contributed by atoms with Crippen molar-refractivity contribution < 1.29 is 12.8 Å². The van der Waals surface area contributed by atoms with Crippen LogP contribution in [-0.2, 0) is 10.0 Å². The van der Waals surface area contributed by atoms with Crippen LogP contribution in [0.4, 0.5) is 10.2 Å². The number of rotatable bonds is 5. The standard InChI is InChI=1S/C13H16FN3O2S/c1-3-10(2)17-13(8-9-15-17)16-20(18,19)12-6-4-11(14)5-7-12/h4-10,16H,3H2,1-2H3. The van der Waals surface area contributed by atoms with Gasteiger partial charge in [-0.1, -0.05) is 6.92 Å². The topological polar surface area (TPSA) is 64.0 Å². The molecule has 0 bridgehead atoms. The van der Waals surface area contributed by atoms with Gasteiger partial charge >= 0.3 is 0 Å². The number of nitrogens with zero attached hydrogens (tertiary/aromatic N) is 2. The summed E-state index contributed by atoms with van der Waals surface area (Å²) in [5.74, 6) is -0.0859. The van der Waals surface area contributed by atoms with Gasteiger partial charge in [-0.05, 0) is 37.6 Å². The molecule has 0 saturated heterocycles. The summed E-state index contributed by atoms with van der Waals surface area (Å²) in [7, 11) is -3.74. The number of sulfonamides is 1. The minimum Gasteiger partial charge on any atom is -0.264 e. The zero-order valence-electron chi connectivity index (χ0n) is 11.2. The predicted molar refractivity (Wildman–Crippen MR) is 74.4 cm³/mol. The Labute approximate surface area is 117 Å². The molecule has 0 fully saturated rings. The summed E-state index contributed by atoms with van der Waals surface area (Å²) in [4.78, 5) is 0.0100. The van der Waals surface area contributed by atoms with Gasteiger partial charge in [0.15, 0.2) is 0 Å². The van der Waals surface area contributed by atoms with Crippen LogP contribution < -0.4 is 4.72 Å². The highest BCUT2D eigenvalue weighted by molar-refractivity contribution is 7.92. The first-order valence-electron chi connectivity index (χ1n) is 6.26. The summed E-state index contributed by atoms with van der Waals surface area (Å²) < 4.78 is 41.3. The monoisotopic (exact) mass is 297 g/mol. The normalized spacial score (nSPS) is 13.2. The SMILES string of the molecule is CCC(C)n1nccc1NS(=O)(=O)c1ccc(F)cc1. The number of benzene rings is 1. The summed E-state index contributed by atoms with van der Waals surface area (Å²) in [6, 6.07) is 6.34. The molecule has 2 aromatic rings. The Morgan fingerprint density at radius 1 is 1.30 bits per heavy atom. The Balaban J connectivity index is 2.29. The third-order valence-corrected chi connectivity index (χ3v) is 4.41. The molecular weight excluding hydrogens is 281 g/mol. The van der Waals surface area contributed by atoms with Crippen molar-refractivity contribution in [3.63, 3.8) is 0 Å². The van der Waals surface area contributed by atoms with E-state index in [1.54, 1.807) is 10.7 Å². The summed E-state index contributed by atoms with van der Waals surface area (Å²) in [6.45, 7) is 3.94. The van der Waals surface area contributed by atoms with Crippen LogP contribution in [-0.4, -0.2) is 18.2 Å². The van der Waals surface area contributed by atoms with Crippen molar-refractivity contribution in [3.05, 3.63) is 42.3 Å². The molecule has 0 saturated carbocycles. The van der Waals surface area contributed by atoms with Gasteiger partial charge in [-0.2, -0.15) is 5.10 Å². The van der Waals surface area contributed by atoms with Crippen LogP contribution in [0.3, 0.4) is 0 Å². The van der Waals surface area contributed by atoms with E-state index in [9.17, 15) is 12.8 Å². The van der Waals surface area contributed by atoms with Crippen LogP contribution in [0.15, 0.2) is 41.4 Å². The molecule has 0 radical (unpaired) electrons. The fourth-order valence-electron chi connectivity index (χ4n) is 1.73. The molecule has 1 aromatic heterocycles. The Morgan fingerprint density at radius 2 is 1.95 bits per heavy atom. The smallest absolute Gasteiger partial charge is 0.263 e. The van der Waals surface area contributed by atoms with Crippen LogP contribution in [0.1, 0.15) is 26.3 Å². The lowest BCUT2D eigenvalue weighted by atomic mass is 10.3. The molecule has 1 atom stereocenters. The third kappa shape index (κ3) is 2.98. The molecule has 1 aromatic carbocycles. The van der Waals surface area contributed by atoms with E-state index in [1.807, 2.05) is 13.8 Å². The molecule has 1 unspecified atom stereocenters. The van der Waals surface area contributed by atoms with Crippen molar-refractivity contribution >= 4 is 15.8 Å². The molecule has 20 heavy (non-hydrogen) atoms. The molecule has 1 N–H and O–H groups in total. The summed E-state index contributed by atoms with van der Waals surface area (Å²) in [5.41, 5.74) is 0. The van der Waals surface area contributed by atoms with Gasteiger partial charge in [-0.15, -0.1) is 0 Å². The van der Waals surface area contributed by atoms with Gasteiger partial charge in [-0.3, -0.25) is 4.72 Å². The van der Waals surface area contributed by atoms with Gasteiger partial charge in [0, 0.05) is 6.07 Å². The number of hydrogen-bond donors (Lipinski definition) is 1. The van der Waals surface area contributed by atoms with E-state index in [4.69, 9.17) is 0 Å². The van der Waals surface area contributed by atoms with Crippen LogP contribution in [0.25, 0.3) is 0 Å². The number of halogens is 1. The van der Waals surface area contributed by atoms with E-state index >= 15 is 0 Å².